The van der Waals surface area contributed by atoms with E-state index in [1.54, 1.807) is 0 Å². The van der Waals surface area contributed by atoms with Gasteiger partial charge in [-0.15, -0.1) is 0 Å². The van der Waals surface area contributed by atoms with Crippen LogP contribution in [0.5, 0.6) is 0 Å². The van der Waals surface area contributed by atoms with Gasteiger partial charge in [-0.2, -0.15) is 0 Å². The summed E-state index contributed by atoms with van der Waals surface area (Å²) in [6.07, 6.45) is 2.64. The average Bonchev–Trinajstić information content (AvgIpc) is 2.61. The van der Waals surface area contributed by atoms with Crippen molar-refractivity contribution in [2.24, 2.45) is 0 Å². The van der Waals surface area contributed by atoms with E-state index in [-0.39, 0.29) is 33.0 Å². The van der Waals surface area contributed by atoms with Gasteiger partial charge in [-0.05, 0) is 0 Å². The minimum atomic E-state index is -0.221. The summed E-state index contributed by atoms with van der Waals surface area (Å²) in [6, 6.07) is 8.09. The maximum atomic E-state index is 11.4. The van der Waals surface area contributed by atoms with Crippen LogP contribution in [0.1, 0.15) is 5.56 Å². The molecule has 0 spiro atoms. The van der Waals surface area contributed by atoms with E-state index in [1.165, 1.54) is 20.6 Å². The van der Waals surface area contributed by atoms with Crippen LogP contribution in [-0.2, 0) is 16.1 Å². The topological polar surface area (TPSA) is 37.4 Å². The molecule has 0 atom stereocenters. The second-order valence-electron chi connectivity index (χ2n) is 3.41. The summed E-state index contributed by atoms with van der Waals surface area (Å²) in [7, 11) is 0. The molecule has 1 aliphatic rings. The third-order valence-corrected chi connectivity index (χ3v) is 4.27. The van der Waals surface area contributed by atoms with Gasteiger partial charge in [0, 0.05) is 0 Å². The van der Waals surface area contributed by atoms with Crippen molar-refractivity contribution in [3.8, 4) is 0 Å². The van der Waals surface area contributed by atoms with Gasteiger partial charge in [0.05, 0.1) is 0 Å². The van der Waals surface area contributed by atoms with Crippen LogP contribution in [0.25, 0.3) is 0 Å². The number of carbonyl (C=O) groups excluding carboxylic acids is 2. The molecule has 0 bridgehead atoms. The Bertz CT molecular complexity index is 450. The first-order chi connectivity index (χ1) is 7.70. The van der Waals surface area contributed by atoms with E-state index in [0.29, 0.717) is 6.54 Å². The first-order valence-electron chi connectivity index (χ1n) is 4.82. The monoisotopic (exact) mass is 328 g/mol. The fraction of sp³-hybridized carbons (Fsp3) is 0.167. The van der Waals surface area contributed by atoms with Crippen molar-refractivity contribution in [3.05, 3.63) is 45.6 Å². The summed E-state index contributed by atoms with van der Waals surface area (Å²) in [5.41, 5.74) is 1.02. The van der Waals surface area contributed by atoms with E-state index in [9.17, 15) is 9.59 Å². The van der Waals surface area contributed by atoms with Gasteiger partial charge in [0.25, 0.3) is 0 Å². The molecule has 0 aromatic heterocycles. The summed E-state index contributed by atoms with van der Waals surface area (Å²) in [5.74, 6) is -0.441. The van der Waals surface area contributed by atoms with Crippen molar-refractivity contribution < 1.29 is 30.8 Å². The first-order valence-corrected chi connectivity index (χ1v) is 8.06. The number of alkyl halides is 1. The van der Waals surface area contributed by atoms with Crippen LogP contribution in [0.3, 0.4) is 0 Å². The van der Waals surface area contributed by atoms with Gasteiger partial charge in [0.1, 0.15) is 0 Å². The summed E-state index contributed by atoms with van der Waals surface area (Å²) in [6.45, 7) is 0.377. The number of amides is 2. The molecule has 0 saturated heterocycles. The van der Waals surface area contributed by atoms with Gasteiger partial charge in [-0.1, -0.05) is 0 Å². The fourth-order valence-corrected chi connectivity index (χ4v) is 2.80. The van der Waals surface area contributed by atoms with Gasteiger partial charge < -0.3 is 0 Å². The van der Waals surface area contributed by atoms with E-state index in [2.05, 4.69) is 17.1 Å². The molecule has 0 fully saturated rings. The van der Waals surface area contributed by atoms with Crippen molar-refractivity contribution in [1.82, 2.24) is 4.90 Å². The average molecular weight is 328 g/mol. The molecular weight excluding hydrogens is 317 g/mol. The molecule has 1 aliphatic heterocycles. The van der Waals surface area contributed by atoms with E-state index >= 15 is 0 Å². The zero-order valence-electron chi connectivity index (χ0n) is 8.81. The summed E-state index contributed by atoms with van der Waals surface area (Å²) >= 11 is 0.0467. The van der Waals surface area contributed by atoms with Crippen molar-refractivity contribution in [1.29, 1.82) is 0 Å². The molecule has 3 nitrogen and oxygen atoms in total. The van der Waals surface area contributed by atoms with Gasteiger partial charge in [0.2, 0.25) is 0 Å². The molecule has 0 saturated carbocycles. The number of nitrogens with zero attached hydrogens (tertiary/aromatic N) is 1. The Labute approximate surface area is 104 Å². The number of hydrogen-bond donors (Lipinski definition) is 0. The third-order valence-electron chi connectivity index (χ3n) is 2.35. The Morgan fingerprint density at radius 1 is 1.19 bits per heavy atom. The molecular formula is C12H11INO2-. The van der Waals surface area contributed by atoms with E-state index in [4.69, 9.17) is 0 Å². The predicted molar refractivity (Wildman–Crippen MR) is 55.8 cm³/mol. The summed E-state index contributed by atoms with van der Waals surface area (Å²) in [4.78, 5) is 26.2. The van der Waals surface area contributed by atoms with Crippen LogP contribution in [0.4, 0.5) is 0 Å². The van der Waals surface area contributed by atoms with Crippen molar-refractivity contribution in [3.63, 3.8) is 0 Å². The minimum absolute atomic E-state index is 0.0467. The molecule has 16 heavy (non-hydrogen) atoms. The standard InChI is InChI=1S/C12H11INO2/c1-13-10-4-2-3-9(7-10)8-14-11(15)5-6-12(14)16/h2-7H,8H2,1H3/q-1. The van der Waals surface area contributed by atoms with Crippen LogP contribution in [0, 0.1) is 3.57 Å². The van der Waals surface area contributed by atoms with Crippen LogP contribution in [0.15, 0.2) is 36.4 Å². The molecule has 0 radical (unpaired) electrons. The number of halogens is 1. The van der Waals surface area contributed by atoms with Gasteiger partial charge >= 0.3 is 105 Å². The molecule has 0 aliphatic carbocycles. The maximum absolute atomic E-state index is 11.4. The summed E-state index contributed by atoms with van der Waals surface area (Å²) < 4.78 is 1.32. The Morgan fingerprint density at radius 3 is 2.50 bits per heavy atom. The molecule has 1 aromatic rings. The van der Waals surface area contributed by atoms with Crippen LogP contribution in [-0.4, -0.2) is 21.6 Å². The number of hydrogen-bond acceptors (Lipinski definition) is 2. The van der Waals surface area contributed by atoms with Crippen molar-refractivity contribution in [2.75, 3.05) is 4.93 Å². The SMILES string of the molecule is C[I-]c1cccc(CN2C(=O)C=CC2=O)c1. The second kappa shape index (κ2) is 4.78. The number of benzene rings is 1. The van der Waals surface area contributed by atoms with Gasteiger partial charge in [-0.25, -0.2) is 0 Å². The molecule has 2 rings (SSSR count). The zero-order chi connectivity index (χ0) is 11.5. The Morgan fingerprint density at radius 2 is 1.88 bits per heavy atom. The van der Waals surface area contributed by atoms with Crippen LogP contribution < -0.4 is 21.2 Å². The van der Waals surface area contributed by atoms with E-state index in [0.717, 1.165) is 5.56 Å². The van der Waals surface area contributed by atoms with E-state index < -0.39 is 0 Å². The summed E-state index contributed by atoms with van der Waals surface area (Å²) in [5, 5.41) is 0. The van der Waals surface area contributed by atoms with Crippen molar-refractivity contribution in [2.45, 2.75) is 6.54 Å². The first kappa shape index (κ1) is 11.3. The predicted octanol–water partition coefficient (Wildman–Crippen LogP) is -2.00. The normalized spacial score (nSPS) is 15.2. The molecule has 4 heteroatoms. The Balaban J connectivity index is 2.15. The van der Waals surface area contributed by atoms with Gasteiger partial charge in [-0.3, -0.25) is 0 Å². The van der Waals surface area contributed by atoms with Crippen molar-refractivity contribution >= 4 is 11.8 Å². The molecule has 2 amide bonds. The number of rotatable bonds is 3. The Hall–Kier alpha value is -1.17. The quantitative estimate of drug-likeness (QED) is 0.366. The van der Waals surface area contributed by atoms with Gasteiger partial charge in [0.15, 0.2) is 0 Å². The molecule has 0 unspecified atom stereocenters. The second-order valence-corrected chi connectivity index (χ2v) is 5.74. The van der Waals surface area contributed by atoms with Crippen LogP contribution >= 0.6 is 0 Å². The third kappa shape index (κ3) is 2.32. The molecule has 1 heterocycles. The Kier molecular flexibility index (Phi) is 3.38. The molecule has 0 N–H and O–H groups in total. The molecule has 84 valence electrons. The number of imide groups is 1. The van der Waals surface area contributed by atoms with E-state index in [1.807, 2.05) is 12.1 Å². The van der Waals surface area contributed by atoms with Crippen LogP contribution in [0.2, 0.25) is 0 Å². The number of carbonyl (C=O) groups is 2. The fourth-order valence-electron chi connectivity index (χ4n) is 1.52. The molecule has 1 aromatic carbocycles. The zero-order valence-corrected chi connectivity index (χ0v) is 11.0.